The van der Waals surface area contributed by atoms with E-state index in [4.69, 9.17) is 9.92 Å². The summed E-state index contributed by atoms with van der Waals surface area (Å²) in [4.78, 5) is 10.5. The Bertz CT molecular complexity index is 3900. The average Bonchev–Trinajstić information content (AvgIpc) is 4.10. The van der Waals surface area contributed by atoms with Crippen molar-refractivity contribution in [3.8, 4) is 50.3 Å². The third-order valence-electron chi connectivity index (χ3n) is 14.4. The minimum Gasteiger partial charge on any atom is -0.319 e. The van der Waals surface area contributed by atoms with Crippen LogP contribution in [0, 0.1) is 12.1 Å². The van der Waals surface area contributed by atoms with Crippen LogP contribution in [0.4, 0.5) is 22.7 Å². The van der Waals surface area contributed by atoms with Crippen molar-refractivity contribution in [1.29, 1.82) is 0 Å². The number of para-hydroxylation sites is 4. The van der Waals surface area contributed by atoms with Crippen LogP contribution in [0.25, 0.3) is 72.1 Å². The SMILES string of the molecule is [Pt].[c-]1c(N2[OH+]N(c3ccccc3)c3ccccc32)cccc1C1(c2[c-]c3c(cc2)c2ccccc2n3-c2cc(-c3c(-c4ccccc4)cccc3-c3ccccc3)ccn2)c2ccccc2-c2ccccc21. The van der Waals surface area contributed by atoms with Gasteiger partial charge >= 0.3 is 0 Å². The molecule has 72 heavy (non-hydrogen) atoms. The van der Waals surface area contributed by atoms with Crippen LogP contribution in [0.2, 0.25) is 0 Å². The van der Waals surface area contributed by atoms with E-state index in [9.17, 15) is 0 Å². The Morgan fingerprint density at radius 2 is 0.972 bits per heavy atom. The van der Waals surface area contributed by atoms with Crippen LogP contribution in [0.15, 0.2) is 255 Å². The standard InChI is InChI=1S/C66H42N4O.Pt/c1-4-20-45(21-5-1)52-31-19-32-53(46-22-6-2-7-23-46)65(52)47-40-41-67-64(42-47)68-60-35-15-12-30-56(60)57-39-38-49(44-63(57)68)66(58-33-13-10-28-54(58)55-29-11-14-34-59(55)66)48-24-18-27-51(43-48)70-62-37-17-16-36-61(62)69(71-70)50-25-8-3-9-26-50;/h1-42H;/q-2;/p+1. The third kappa shape index (κ3) is 6.73. The molecule has 3 heterocycles. The van der Waals surface area contributed by atoms with Crippen LogP contribution >= 0.6 is 0 Å². The fourth-order valence-electron chi connectivity index (χ4n) is 11.3. The van der Waals surface area contributed by atoms with Crippen LogP contribution in [-0.2, 0) is 26.5 Å². The van der Waals surface area contributed by atoms with Gasteiger partial charge in [0.1, 0.15) is 22.9 Å². The molecule has 14 rings (SSSR count). The third-order valence-corrected chi connectivity index (χ3v) is 14.4. The van der Waals surface area contributed by atoms with Crippen molar-refractivity contribution in [2.45, 2.75) is 5.41 Å². The smallest absolute Gasteiger partial charge is 0.148 e. The van der Waals surface area contributed by atoms with Crippen LogP contribution < -0.4 is 10.1 Å². The summed E-state index contributed by atoms with van der Waals surface area (Å²) in [5.74, 6) is 0.816. The first-order valence-corrected chi connectivity index (χ1v) is 24.1. The number of aromatic nitrogens is 2. The molecule has 0 atom stereocenters. The molecule has 12 aromatic rings. The molecular weight excluding hydrogens is 1060 g/mol. The van der Waals surface area contributed by atoms with Gasteiger partial charge in [-0.1, -0.05) is 187 Å². The topological polar surface area (TPSA) is 37.1 Å². The van der Waals surface area contributed by atoms with E-state index in [1.165, 1.54) is 22.3 Å². The normalized spacial score (nSPS) is 13.2. The number of hydrogen-bond donors (Lipinski definition) is 0. The predicted molar refractivity (Wildman–Crippen MR) is 289 cm³/mol. The molecule has 1 aliphatic carbocycles. The molecule has 1 N–H and O–H groups in total. The number of rotatable bonds is 8. The zero-order chi connectivity index (χ0) is 46.9. The first kappa shape index (κ1) is 43.4. The Morgan fingerprint density at radius 1 is 0.417 bits per heavy atom. The molecule has 0 radical (unpaired) electrons. The molecular formula is C66H43N4OPt-. The van der Waals surface area contributed by atoms with Crippen molar-refractivity contribution in [1.82, 2.24) is 9.55 Å². The number of fused-ring (bicyclic) bond motifs is 7. The van der Waals surface area contributed by atoms with Gasteiger partial charge in [-0.25, -0.2) is 4.98 Å². The Hall–Kier alpha value is -8.60. The van der Waals surface area contributed by atoms with Gasteiger partial charge in [0.05, 0.1) is 0 Å². The Morgan fingerprint density at radius 3 is 1.67 bits per heavy atom. The molecule has 10 aromatic carbocycles. The zero-order valence-corrected chi connectivity index (χ0v) is 41.1. The molecule has 5 nitrogen and oxygen atoms in total. The van der Waals surface area contributed by atoms with Crippen molar-refractivity contribution < 1.29 is 26.0 Å². The van der Waals surface area contributed by atoms with Crippen molar-refractivity contribution in [2.24, 2.45) is 0 Å². The Kier molecular flexibility index (Phi) is 10.7. The Balaban J connectivity index is 0.00000504. The van der Waals surface area contributed by atoms with Gasteiger partial charge in [0, 0.05) is 43.9 Å². The summed E-state index contributed by atoms with van der Waals surface area (Å²) >= 11 is 0. The van der Waals surface area contributed by atoms with Crippen molar-refractivity contribution in [3.05, 3.63) is 289 Å². The van der Waals surface area contributed by atoms with Crippen LogP contribution in [0.3, 0.4) is 0 Å². The second kappa shape index (κ2) is 17.7. The maximum absolute atomic E-state index is 5.25. The summed E-state index contributed by atoms with van der Waals surface area (Å²) in [6.45, 7) is 0. The molecule has 344 valence electrons. The summed E-state index contributed by atoms with van der Waals surface area (Å²) in [6.07, 6.45) is 1.96. The maximum atomic E-state index is 5.25. The molecule has 0 amide bonds. The van der Waals surface area contributed by atoms with E-state index < -0.39 is 5.41 Å². The van der Waals surface area contributed by atoms with Crippen molar-refractivity contribution in [2.75, 3.05) is 10.1 Å². The molecule has 6 heteroatoms. The minimum atomic E-state index is -0.800. The van der Waals surface area contributed by atoms with E-state index in [1.807, 2.05) is 34.5 Å². The summed E-state index contributed by atoms with van der Waals surface area (Å²) in [7, 11) is 0. The first-order valence-electron chi connectivity index (χ1n) is 24.1. The molecule has 2 aromatic heterocycles. The number of nitrogens with zero attached hydrogens (tertiary/aromatic N) is 4. The Labute approximate surface area is 432 Å². The number of anilines is 4. The van der Waals surface area contributed by atoms with E-state index in [0.29, 0.717) is 0 Å². The molecule has 1 aliphatic heterocycles. The molecule has 2 aliphatic rings. The van der Waals surface area contributed by atoms with Gasteiger partial charge in [-0.3, -0.25) is 0 Å². The second-order valence-electron chi connectivity index (χ2n) is 18.2. The average molecular weight is 1100 g/mol. The monoisotopic (exact) mass is 1100 g/mol. The summed E-state index contributed by atoms with van der Waals surface area (Å²) < 4.78 is 2.31. The fourth-order valence-corrected chi connectivity index (χ4v) is 11.3. The zero-order valence-electron chi connectivity index (χ0n) is 38.8. The van der Waals surface area contributed by atoms with E-state index in [0.717, 1.165) is 94.9 Å². The van der Waals surface area contributed by atoms with Gasteiger partial charge in [-0.05, 0) is 103 Å². The summed E-state index contributed by atoms with van der Waals surface area (Å²) in [6, 6.07) is 96.7. The quantitative estimate of drug-likeness (QED) is 0.112. The van der Waals surface area contributed by atoms with E-state index in [2.05, 4.69) is 247 Å². The molecule has 0 bridgehead atoms. The number of benzene rings is 10. The van der Waals surface area contributed by atoms with Gasteiger partial charge in [0.2, 0.25) is 0 Å². The van der Waals surface area contributed by atoms with Gasteiger partial charge in [-0.15, -0.1) is 33.7 Å². The molecule has 0 unspecified atom stereocenters. The molecule has 0 fully saturated rings. The number of hydrogen-bond acceptors (Lipinski definition) is 3. The first-order chi connectivity index (χ1) is 35.2. The molecule has 0 saturated carbocycles. The summed E-state index contributed by atoms with van der Waals surface area (Å²) in [5.41, 5.74) is 18.7. The van der Waals surface area contributed by atoms with Gasteiger partial charge in [0.25, 0.3) is 0 Å². The van der Waals surface area contributed by atoms with Gasteiger partial charge in [-0.2, -0.15) is 35.3 Å². The summed E-state index contributed by atoms with van der Waals surface area (Å²) in [5, 5.41) is 6.28. The molecule has 0 spiro atoms. The van der Waals surface area contributed by atoms with E-state index >= 15 is 0 Å². The maximum Gasteiger partial charge on any atom is 0.148 e. The van der Waals surface area contributed by atoms with Crippen molar-refractivity contribution >= 4 is 44.6 Å². The fraction of sp³-hybridized carbons (Fsp3) is 0.0152. The van der Waals surface area contributed by atoms with Crippen molar-refractivity contribution in [3.63, 3.8) is 0 Å². The second-order valence-corrected chi connectivity index (χ2v) is 18.2. The van der Waals surface area contributed by atoms with Gasteiger partial charge in [0.15, 0.2) is 0 Å². The van der Waals surface area contributed by atoms with E-state index in [1.54, 1.807) is 0 Å². The van der Waals surface area contributed by atoms with Gasteiger partial charge < -0.3 is 4.57 Å². The van der Waals surface area contributed by atoms with Crippen LogP contribution in [0.1, 0.15) is 22.3 Å². The van der Waals surface area contributed by atoms with Crippen LogP contribution in [-0.4, -0.2) is 14.5 Å². The largest absolute Gasteiger partial charge is 0.319 e. The molecule has 0 saturated heterocycles. The minimum absolute atomic E-state index is 0. The van der Waals surface area contributed by atoms with Crippen LogP contribution in [0.5, 0.6) is 0 Å². The number of pyridine rings is 1. The predicted octanol–water partition coefficient (Wildman–Crippen LogP) is 16.3. The van der Waals surface area contributed by atoms with E-state index in [-0.39, 0.29) is 21.1 Å².